The predicted octanol–water partition coefficient (Wildman–Crippen LogP) is 0.528. The third kappa shape index (κ3) is 2.21. The molecule has 0 aromatic heterocycles. The first-order valence-corrected chi connectivity index (χ1v) is 9.76. The lowest BCUT2D eigenvalue weighted by molar-refractivity contribution is -0.190. The Morgan fingerprint density at radius 3 is 2.67 bits per heavy atom. The Balaban J connectivity index is 1.78. The molecule has 0 amide bonds. The Labute approximate surface area is 158 Å². The minimum Gasteiger partial charge on any atom is -0.393 e. The summed E-state index contributed by atoms with van der Waals surface area (Å²) in [5.41, 5.74) is -2.46. The van der Waals surface area contributed by atoms with Gasteiger partial charge in [0, 0.05) is 16.7 Å². The largest absolute Gasteiger partial charge is 0.393 e. The number of carbonyl (C=O) groups is 2. The van der Waals surface area contributed by atoms with Crippen LogP contribution in [0.3, 0.4) is 0 Å². The third-order valence-corrected chi connectivity index (χ3v) is 8.28. The Morgan fingerprint density at radius 1 is 1.30 bits per heavy atom. The summed E-state index contributed by atoms with van der Waals surface area (Å²) in [5.74, 6) is -1.09. The van der Waals surface area contributed by atoms with Crippen LogP contribution in [-0.4, -0.2) is 56.4 Å². The summed E-state index contributed by atoms with van der Waals surface area (Å²) >= 11 is 0. The normalized spacial score (nSPS) is 51.3. The van der Waals surface area contributed by atoms with Gasteiger partial charge in [-0.25, -0.2) is 0 Å². The standard InChI is InChI=1S/C21H28O6/c1-19-6-5-12(23)7-11(19)3-4-13-14-8-16(25)21(27,17(26)10-22)20(14,2)9-15(24)18(13)19/h5-7,13-16,18,22,24-25,27H,3-4,8-10H2,1-2H3/t13-,14?,15?,16?,18?,19?,20?,21?/m0/s1. The molecule has 4 N–H and O–H groups in total. The van der Waals surface area contributed by atoms with Crippen LogP contribution in [0.25, 0.3) is 0 Å². The molecule has 0 bridgehead atoms. The molecule has 0 aromatic rings. The zero-order chi connectivity index (χ0) is 19.8. The van der Waals surface area contributed by atoms with Crippen LogP contribution in [-0.2, 0) is 9.59 Å². The van der Waals surface area contributed by atoms with E-state index in [0.29, 0.717) is 0 Å². The highest BCUT2D eigenvalue weighted by Gasteiger charge is 2.71. The number of hydrogen-bond donors (Lipinski definition) is 4. The van der Waals surface area contributed by atoms with E-state index in [1.807, 2.05) is 13.0 Å². The number of aliphatic hydroxyl groups is 4. The summed E-state index contributed by atoms with van der Waals surface area (Å²) in [7, 11) is 0. The number of Topliss-reactive ketones (excluding diaryl/α,β-unsaturated/α-hetero) is 1. The zero-order valence-corrected chi connectivity index (χ0v) is 15.8. The highest BCUT2D eigenvalue weighted by atomic mass is 16.4. The average molecular weight is 376 g/mol. The summed E-state index contributed by atoms with van der Waals surface area (Å²) in [6.07, 6.45) is 4.97. The molecule has 8 atom stereocenters. The maximum atomic E-state index is 12.4. The molecule has 6 nitrogen and oxygen atoms in total. The maximum absolute atomic E-state index is 12.4. The lowest BCUT2D eigenvalue weighted by Gasteiger charge is -2.59. The van der Waals surface area contributed by atoms with Crippen molar-refractivity contribution in [2.75, 3.05) is 6.61 Å². The number of fused-ring (bicyclic) bond motifs is 5. The fourth-order valence-corrected chi connectivity index (χ4v) is 6.96. The van der Waals surface area contributed by atoms with E-state index < -0.39 is 41.0 Å². The van der Waals surface area contributed by atoms with Crippen molar-refractivity contribution in [1.82, 2.24) is 0 Å². The van der Waals surface area contributed by atoms with Gasteiger partial charge in [0.15, 0.2) is 17.2 Å². The number of aliphatic hydroxyl groups excluding tert-OH is 3. The lowest BCUT2D eigenvalue weighted by atomic mass is 9.46. The summed E-state index contributed by atoms with van der Waals surface area (Å²) in [5, 5.41) is 42.3. The Hall–Kier alpha value is -1.34. The van der Waals surface area contributed by atoms with Gasteiger partial charge in [0.1, 0.15) is 6.61 Å². The highest BCUT2D eigenvalue weighted by Crippen LogP contribution is 2.67. The predicted molar refractivity (Wildman–Crippen MR) is 96.4 cm³/mol. The minimum absolute atomic E-state index is 0.00826. The van der Waals surface area contributed by atoms with E-state index in [1.54, 1.807) is 19.1 Å². The van der Waals surface area contributed by atoms with Crippen LogP contribution in [0.2, 0.25) is 0 Å². The number of hydrogen-bond acceptors (Lipinski definition) is 6. The molecule has 27 heavy (non-hydrogen) atoms. The van der Waals surface area contributed by atoms with Crippen LogP contribution >= 0.6 is 0 Å². The molecule has 0 aliphatic heterocycles. The SMILES string of the molecule is CC12C=CC(=O)C=C1CC[C@@H]1C2C(O)CC2(C)C1CC(O)C2(O)C(=O)CO. The topological polar surface area (TPSA) is 115 Å². The molecule has 3 fully saturated rings. The van der Waals surface area contributed by atoms with E-state index in [4.69, 9.17) is 0 Å². The summed E-state index contributed by atoms with van der Waals surface area (Å²) in [6.45, 7) is 2.96. The van der Waals surface area contributed by atoms with Crippen LogP contribution in [0.1, 0.15) is 39.5 Å². The van der Waals surface area contributed by atoms with Crippen molar-refractivity contribution in [3.05, 3.63) is 23.8 Å². The second-order valence-corrected chi connectivity index (χ2v) is 9.31. The quantitative estimate of drug-likeness (QED) is 0.559. The molecular weight excluding hydrogens is 348 g/mol. The van der Waals surface area contributed by atoms with Crippen molar-refractivity contribution in [1.29, 1.82) is 0 Å². The molecule has 4 aliphatic carbocycles. The van der Waals surface area contributed by atoms with Gasteiger partial charge in [-0.3, -0.25) is 9.59 Å². The monoisotopic (exact) mass is 376 g/mol. The highest BCUT2D eigenvalue weighted by molar-refractivity contribution is 6.01. The van der Waals surface area contributed by atoms with Crippen molar-refractivity contribution in [2.24, 2.45) is 28.6 Å². The molecule has 6 heteroatoms. The van der Waals surface area contributed by atoms with Crippen molar-refractivity contribution in [3.63, 3.8) is 0 Å². The van der Waals surface area contributed by atoms with Gasteiger partial charge >= 0.3 is 0 Å². The summed E-state index contributed by atoms with van der Waals surface area (Å²) in [6, 6.07) is 0. The molecule has 4 rings (SSSR count). The summed E-state index contributed by atoms with van der Waals surface area (Å²) < 4.78 is 0. The smallest absolute Gasteiger partial charge is 0.192 e. The third-order valence-electron chi connectivity index (χ3n) is 8.28. The molecule has 7 unspecified atom stereocenters. The number of carbonyl (C=O) groups excluding carboxylic acids is 2. The van der Waals surface area contributed by atoms with Crippen LogP contribution in [0.4, 0.5) is 0 Å². The van der Waals surface area contributed by atoms with E-state index in [9.17, 15) is 30.0 Å². The zero-order valence-electron chi connectivity index (χ0n) is 15.8. The van der Waals surface area contributed by atoms with Gasteiger partial charge in [0.2, 0.25) is 0 Å². The van der Waals surface area contributed by atoms with Gasteiger partial charge in [-0.15, -0.1) is 0 Å². The minimum atomic E-state index is -2.05. The molecule has 0 heterocycles. The van der Waals surface area contributed by atoms with Crippen LogP contribution < -0.4 is 0 Å². The molecule has 0 spiro atoms. The van der Waals surface area contributed by atoms with E-state index in [1.165, 1.54) is 0 Å². The van der Waals surface area contributed by atoms with Crippen molar-refractivity contribution in [3.8, 4) is 0 Å². The Morgan fingerprint density at radius 2 is 2.00 bits per heavy atom. The second-order valence-electron chi connectivity index (χ2n) is 9.31. The first kappa shape index (κ1) is 19.0. The second kappa shape index (κ2) is 5.83. The first-order valence-electron chi connectivity index (χ1n) is 9.76. The number of allylic oxidation sites excluding steroid dienone is 4. The van der Waals surface area contributed by atoms with E-state index in [-0.39, 0.29) is 36.4 Å². The molecule has 4 aliphatic rings. The summed E-state index contributed by atoms with van der Waals surface area (Å²) in [4.78, 5) is 24.2. The molecule has 0 saturated heterocycles. The van der Waals surface area contributed by atoms with Gasteiger partial charge in [0.25, 0.3) is 0 Å². The Bertz CT molecular complexity index is 756. The van der Waals surface area contributed by atoms with Crippen molar-refractivity contribution >= 4 is 11.6 Å². The van der Waals surface area contributed by atoms with Gasteiger partial charge in [-0.1, -0.05) is 25.5 Å². The van der Waals surface area contributed by atoms with Gasteiger partial charge < -0.3 is 20.4 Å². The van der Waals surface area contributed by atoms with Crippen LogP contribution in [0.5, 0.6) is 0 Å². The molecule has 0 radical (unpaired) electrons. The van der Waals surface area contributed by atoms with Gasteiger partial charge in [-0.2, -0.15) is 0 Å². The van der Waals surface area contributed by atoms with E-state index in [2.05, 4.69) is 0 Å². The van der Waals surface area contributed by atoms with Gasteiger partial charge in [-0.05, 0) is 49.7 Å². The van der Waals surface area contributed by atoms with Crippen molar-refractivity contribution in [2.45, 2.75) is 57.3 Å². The molecule has 148 valence electrons. The average Bonchev–Trinajstić information content (AvgIpc) is 2.82. The number of ketones is 2. The van der Waals surface area contributed by atoms with Crippen LogP contribution in [0.15, 0.2) is 23.8 Å². The van der Waals surface area contributed by atoms with Crippen LogP contribution in [0, 0.1) is 28.6 Å². The molecule has 0 aromatic carbocycles. The van der Waals surface area contributed by atoms with E-state index in [0.717, 1.165) is 18.4 Å². The molecular formula is C21H28O6. The number of rotatable bonds is 2. The first-order chi connectivity index (χ1) is 12.6. The fourth-order valence-electron chi connectivity index (χ4n) is 6.96. The van der Waals surface area contributed by atoms with E-state index >= 15 is 0 Å². The Kier molecular flexibility index (Phi) is 4.10. The maximum Gasteiger partial charge on any atom is 0.192 e. The fraction of sp³-hybridized carbons (Fsp3) is 0.714. The molecule has 3 saturated carbocycles. The van der Waals surface area contributed by atoms with Gasteiger partial charge in [0.05, 0.1) is 12.2 Å². The lowest BCUT2D eigenvalue weighted by Crippen LogP contribution is -2.63. The van der Waals surface area contributed by atoms with Crippen molar-refractivity contribution < 1.29 is 30.0 Å².